The van der Waals surface area contributed by atoms with Crippen LogP contribution in [-0.4, -0.2) is 23.9 Å². The Morgan fingerprint density at radius 3 is 2.30 bits per heavy atom. The normalized spacial score (nSPS) is 11.6. The number of hydrazine groups is 1. The first-order valence-electron chi connectivity index (χ1n) is 10.2. The first kappa shape index (κ1) is 23.1. The van der Waals surface area contributed by atoms with Crippen LogP contribution in [0.5, 0.6) is 0 Å². The van der Waals surface area contributed by atoms with Gasteiger partial charge in [0.15, 0.2) is 0 Å². The first-order valence-corrected chi connectivity index (χ1v) is 10.2. The number of amides is 1. The lowest BCUT2D eigenvalue weighted by Crippen LogP contribution is -2.36. The van der Waals surface area contributed by atoms with Crippen LogP contribution in [0.1, 0.15) is 34.8 Å². The van der Waals surface area contributed by atoms with Gasteiger partial charge in [-0.05, 0) is 55.3 Å². The number of rotatable bonds is 12. The van der Waals surface area contributed by atoms with Gasteiger partial charge in [0.25, 0.3) is 5.91 Å². The summed E-state index contributed by atoms with van der Waals surface area (Å²) >= 11 is 0. The maximum Gasteiger partial charge on any atom is 0.269 e. The number of hydrogen-bond acceptors (Lipinski definition) is 4. The van der Waals surface area contributed by atoms with Crippen LogP contribution in [0.2, 0.25) is 0 Å². The Bertz CT molecular complexity index is 841. The van der Waals surface area contributed by atoms with E-state index in [9.17, 15) is 4.79 Å². The Morgan fingerprint density at radius 1 is 1.03 bits per heavy atom. The molecular weight excluding hydrogens is 372 g/mol. The van der Waals surface area contributed by atoms with Gasteiger partial charge in [0, 0.05) is 25.2 Å². The van der Waals surface area contributed by atoms with E-state index >= 15 is 0 Å². The maximum atomic E-state index is 12.4. The van der Waals surface area contributed by atoms with Gasteiger partial charge in [0.05, 0.1) is 5.70 Å². The van der Waals surface area contributed by atoms with Crippen molar-refractivity contribution in [2.24, 2.45) is 5.73 Å². The Hall–Kier alpha value is -3.15. The number of nitrogens with two attached hydrogens (primary N) is 1. The molecule has 0 saturated heterocycles. The van der Waals surface area contributed by atoms with Gasteiger partial charge in [-0.15, -0.1) is 0 Å². The van der Waals surface area contributed by atoms with Gasteiger partial charge in [0.1, 0.15) is 0 Å². The maximum absolute atomic E-state index is 12.4. The highest BCUT2D eigenvalue weighted by Gasteiger charge is 2.09. The molecule has 0 fully saturated rings. The van der Waals surface area contributed by atoms with Gasteiger partial charge in [-0.25, -0.2) is 0 Å². The zero-order chi connectivity index (χ0) is 21.6. The quantitative estimate of drug-likeness (QED) is 0.370. The molecule has 1 amide bonds. The van der Waals surface area contributed by atoms with Gasteiger partial charge in [-0.2, -0.15) is 0 Å². The molecule has 158 valence electrons. The van der Waals surface area contributed by atoms with Crippen molar-refractivity contribution in [2.75, 3.05) is 13.1 Å². The van der Waals surface area contributed by atoms with Crippen molar-refractivity contribution in [1.82, 2.24) is 15.8 Å². The molecule has 0 bridgehead atoms. The van der Waals surface area contributed by atoms with Crippen molar-refractivity contribution in [2.45, 2.75) is 26.4 Å². The van der Waals surface area contributed by atoms with Crippen molar-refractivity contribution in [3.63, 3.8) is 0 Å². The van der Waals surface area contributed by atoms with Crippen LogP contribution in [0.15, 0.2) is 91.2 Å². The lowest BCUT2D eigenvalue weighted by atomic mass is 10.1. The highest BCUT2D eigenvalue weighted by atomic mass is 16.2. The number of benzene rings is 2. The van der Waals surface area contributed by atoms with Crippen LogP contribution in [0.3, 0.4) is 0 Å². The van der Waals surface area contributed by atoms with Crippen LogP contribution >= 0.6 is 0 Å². The number of hydrogen-bond donors (Lipinski definition) is 3. The van der Waals surface area contributed by atoms with Gasteiger partial charge in [-0.1, -0.05) is 61.2 Å². The molecule has 2 rings (SSSR count). The molecule has 0 spiro atoms. The first-order chi connectivity index (χ1) is 14.7. The van der Waals surface area contributed by atoms with Crippen molar-refractivity contribution >= 4 is 5.91 Å². The van der Waals surface area contributed by atoms with Crippen molar-refractivity contribution in [1.29, 1.82) is 0 Å². The molecule has 2 aromatic carbocycles. The number of nitrogens with zero attached hydrogens (tertiary/aromatic N) is 1. The summed E-state index contributed by atoms with van der Waals surface area (Å²) in [6.45, 7) is 8.87. The largest absolute Gasteiger partial charge is 0.330 e. The third kappa shape index (κ3) is 8.07. The van der Waals surface area contributed by atoms with E-state index in [0.29, 0.717) is 12.1 Å². The summed E-state index contributed by atoms with van der Waals surface area (Å²) in [4.78, 5) is 14.8. The van der Waals surface area contributed by atoms with E-state index in [1.165, 1.54) is 5.56 Å². The fraction of sp³-hybridized carbons (Fsp3) is 0.240. The van der Waals surface area contributed by atoms with Gasteiger partial charge in [0.2, 0.25) is 0 Å². The van der Waals surface area contributed by atoms with Crippen LogP contribution in [-0.2, 0) is 13.1 Å². The number of carbonyl (C=O) groups is 1. The summed E-state index contributed by atoms with van der Waals surface area (Å²) in [5.74, 6) is -0.190. The van der Waals surface area contributed by atoms with E-state index in [-0.39, 0.29) is 5.91 Å². The molecule has 5 nitrogen and oxygen atoms in total. The van der Waals surface area contributed by atoms with Crippen molar-refractivity contribution in [3.05, 3.63) is 108 Å². The molecule has 0 aliphatic heterocycles. The van der Waals surface area contributed by atoms with Crippen LogP contribution in [0.25, 0.3) is 0 Å². The second-order valence-electron chi connectivity index (χ2n) is 6.97. The van der Waals surface area contributed by atoms with Gasteiger partial charge >= 0.3 is 0 Å². The predicted octanol–water partition coefficient (Wildman–Crippen LogP) is 3.92. The Kier molecular flexibility index (Phi) is 10.1. The summed E-state index contributed by atoms with van der Waals surface area (Å²) in [5, 5.41) is 0. The Balaban J connectivity index is 1.97. The zero-order valence-electron chi connectivity index (χ0n) is 17.7. The molecule has 2 aromatic rings. The molecule has 0 aromatic heterocycles. The van der Waals surface area contributed by atoms with E-state index in [1.807, 2.05) is 49.4 Å². The fourth-order valence-corrected chi connectivity index (χ4v) is 3.04. The molecule has 0 unspecified atom stereocenters. The number of nitrogens with one attached hydrogen (secondary N) is 2. The van der Waals surface area contributed by atoms with Crippen LogP contribution in [0, 0.1) is 0 Å². The lowest BCUT2D eigenvalue weighted by Gasteiger charge is -2.22. The molecule has 0 radical (unpaired) electrons. The highest BCUT2D eigenvalue weighted by Crippen LogP contribution is 2.12. The third-order valence-electron chi connectivity index (χ3n) is 4.51. The number of carbonyl (C=O) groups excluding carboxylic acids is 1. The van der Waals surface area contributed by atoms with Crippen LogP contribution < -0.4 is 16.6 Å². The molecule has 0 atom stereocenters. The molecule has 0 aliphatic rings. The fourth-order valence-electron chi connectivity index (χ4n) is 3.04. The predicted molar refractivity (Wildman–Crippen MR) is 124 cm³/mol. The smallest absolute Gasteiger partial charge is 0.269 e. The number of allylic oxidation sites excluding steroid dienone is 4. The van der Waals surface area contributed by atoms with E-state index < -0.39 is 0 Å². The van der Waals surface area contributed by atoms with Crippen molar-refractivity contribution in [3.8, 4) is 0 Å². The van der Waals surface area contributed by atoms with Gasteiger partial charge in [-0.3, -0.25) is 20.5 Å². The molecule has 4 N–H and O–H groups in total. The summed E-state index contributed by atoms with van der Waals surface area (Å²) in [7, 11) is 0. The minimum atomic E-state index is -0.190. The Morgan fingerprint density at radius 2 is 1.70 bits per heavy atom. The topological polar surface area (TPSA) is 70.4 Å². The molecule has 0 aliphatic carbocycles. The monoisotopic (exact) mass is 404 g/mol. The molecule has 5 heteroatoms. The highest BCUT2D eigenvalue weighted by molar-refractivity contribution is 5.93. The second kappa shape index (κ2) is 13.1. The van der Waals surface area contributed by atoms with E-state index in [2.05, 4.69) is 46.6 Å². The summed E-state index contributed by atoms with van der Waals surface area (Å²) < 4.78 is 0. The average Bonchev–Trinajstić information content (AvgIpc) is 2.77. The zero-order valence-corrected chi connectivity index (χ0v) is 17.7. The third-order valence-corrected chi connectivity index (χ3v) is 4.51. The minimum Gasteiger partial charge on any atom is -0.330 e. The molecular formula is C25H32N4O. The summed E-state index contributed by atoms with van der Waals surface area (Å²) in [6, 6.07) is 18.1. The SMILES string of the molecule is C=C/C=C(\C=C/C)NNC(=O)c1ccc(CN(CCCN)Cc2ccccc2)cc1. The molecule has 0 saturated carbocycles. The summed E-state index contributed by atoms with van der Waals surface area (Å²) in [6.07, 6.45) is 8.13. The molecule has 0 heterocycles. The van der Waals surface area contributed by atoms with E-state index in [1.54, 1.807) is 12.2 Å². The standard InChI is InChI=1S/C25H32N4O/c1-3-9-24(10-4-2)27-28-25(30)23-15-13-22(14-16-23)20-29(18-8-17-26)19-21-11-6-5-7-12-21/h3-7,9-16,27H,1,8,17-20,26H2,2H3,(H,28,30)/b10-4-,24-9+. The average molecular weight is 405 g/mol. The minimum absolute atomic E-state index is 0.190. The lowest BCUT2D eigenvalue weighted by molar-refractivity contribution is 0.0939. The van der Waals surface area contributed by atoms with Crippen LogP contribution in [0.4, 0.5) is 0 Å². The van der Waals surface area contributed by atoms with E-state index in [4.69, 9.17) is 5.73 Å². The van der Waals surface area contributed by atoms with Crippen molar-refractivity contribution < 1.29 is 4.79 Å². The Labute approximate surface area is 179 Å². The molecule has 30 heavy (non-hydrogen) atoms. The second-order valence-corrected chi connectivity index (χ2v) is 6.97. The summed E-state index contributed by atoms with van der Waals surface area (Å²) in [5.41, 5.74) is 15.1. The van der Waals surface area contributed by atoms with E-state index in [0.717, 1.165) is 37.3 Å². The van der Waals surface area contributed by atoms with Gasteiger partial charge < -0.3 is 5.73 Å².